The highest BCUT2D eigenvalue weighted by atomic mass is 32.2. The van der Waals surface area contributed by atoms with Crippen LogP contribution in [-0.2, 0) is 25.8 Å². The largest absolute Gasteiger partial charge is 0.420 e. The zero-order valence-electron chi connectivity index (χ0n) is 21.5. The van der Waals surface area contributed by atoms with Gasteiger partial charge in [-0.2, -0.15) is 13.2 Å². The summed E-state index contributed by atoms with van der Waals surface area (Å²) < 4.78 is 84.8. The number of anilines is 1. The van der Waals surface area contributed by atoms with E-state index in [1.54, 1.807) is 6.07 Å². The number of nitrogens with zero attached hydrogens (tertiary/aromatic N) is 1. The predicted molar refractivity (Wildman–Crippen MR) is 138 cm³/mol. The van der Waals surface area contributed by atoms with E-state index < -0.39 is 44.8 Å². The van der Waals surface area contributed by atoms with Crippen molar-refractivity contribution in [1.82, 2.24) is 10.3 Å². The third-order valence-electron chi connectivity index (χ3n) is 6.17. The Labute approximate surface area is 219 Å². The summed E-state index contributed by atoms with van der Waals surface area (Å²) in [7, 11) is -3.77. The number of aromatic nitrogens is 1. The molecule has 0 saturated heterocycles. The maximum atomic E-state index is 15.1. The van der Waals surface area contributed by atoms with Crippen molar-refractivity contribution in [3.8, 4) is 0 Å². The van der Waals surface area contributed by atoms with Crippen LogP contribution in [0.5, 0.6) is 0 Å². The lowest BCUT2D eigenvalue weighted by molar-refractivity contribution is -0.190. The molecule has 0 bridgehead atoms. The molecule has 2 aromatic carbocycles. The number of amides is 1. The SMILES string of the molecule is CC(C(=O)NC(c1cccnc1)(c1cccc(C(C)(C)C)c1)C(F)(F)F)c1ccc(NS(C)(=O)=O)c(F)c1. The summed E-state index contributed by atoms with van der Waals surface area (Å²) in [6.45, 7) is 6.93. The molecule has 0 aliphatic carbocycles. The summed E-state index contributed by atoms with van der Waals surface area (Å²) >= 11 is 0. The number of rotatable bonds is 7. The smallest absolute Gasteiger partial charge is 0.334 e. The number of hydrogen-bond donors (Lipinski definition) is 2. The minimum Gasteiger partial charge on any atom is -0.334 e. The van der Waals surface area contributed by atoms with Gasteiger partial charge in [-0.3, -0.25) is 14.5 Å². The van der Waals surface area contributed by atoms with Gasteiger partial charge in [0.25, 0.3) is 0 Å². The molecule has 0 radical (unpaired) electrons. The highest BCUT2D eigenvalue weighted by molar-refractivity contribution is 7.92. The second kappa shape index (κ2) is 10.4. The molecule has 6 nitrogen and oxygen atoms in total. The molecule has 2 N–H and O–H groups in total. The Morgan fingerprint density at radius 3 is 2.11 bits per heavy atom. The fourth-order valence-corrected chi connectivity index (χ4v) is 4.61. The number of nitrogens with one attached hydrogen (secondary N) is 2. The molecule has 1 heterocycles. The Hall–Kier alpha value is -3.47. The van der Waals surface area contributed by atoms with Crippen LogP contribution >= 0.6 is 0 Å². The lowest BCUT2D eigenvalue weighted by atomic mass is 9.78. The first kappa shape index (κ1) is 29.1. The van der Waals surface area contributed by atoms with Crippen molar-refractivity contribution in [2.75, 3.05) is 11.0 Å². The normalized spacial score (nSPS) is 14.9. The third-order valence-corrected chi connectivity index (χ3v) is 6.76. The van der Waals surface area contributed by atoms with Gasteiger partial charge in [0, 0.05) is 18.0 Å². The van der Waals surface area contributed by atoms with Gasteiger partial charge in [0.15, 0.2) is 5.54 Å². The van der Waals surface area contributed by atoms with E-state index in [1.807, 2.05) is 25.5 Å². The molecule has 1 amide bonds. The summed E-state index contributed by atoms with van der Waals surface area (Å²) in [4.78, 5) is 17.3. The molecule has 11 heteroatoms. The molecule has 2 unspecified atom stereocenters. The molecular weight excluding hydrogens is 522 g/mol. The fraction of sp³-hybridized carbons (Fsp3) is 0.333. The van der Waals surface area contributed by atoms with Crippen molar-refractivity contribution < 1.29 is 30.8 Å². The van der Waals surface area contributed by atoms with Crippen LogP contribution in [0.4, 0.5) is 23.2 Å². The number of hydrogen-bond acceptors (Lipinski definition) is 4. The molecule has 204 valence electrons. The van der Waals surface area contributed by atoms with E-state index in [2.05, 4.69) is 10.3 Å². The molecule has 2 atom stereocenters. The van der Waals surface area contributed by atoms with Crippen LogP contribution < -0.4 is 10.0 Å². The van der Waals surface area contributed by atoms with E-state index >= 15 is 13.2 Å². The van der Waals surface area contributed by atoms with Crippen LogP contribution in [-0.4, -0.2) is 31.7 Å². The molecule has 0 fully saturated rings. The summed E-state index contributed by atoms with van der Waals surface area (Å²) in [6, 6.07) is 11.8. The first-order chi connectivity index (χ1) is 17.5. The zero-order chi connectivity index (χ0) is 28.5. The molecular formula is C27H29F4N3O3S. The van der Waals surface area contributed by atoms with Crippen molar-refractivity contribution in [1.29, 1.82) is 0 Å². The second-order valence-corrected chi connectivity index (χ2v) is 11.9. The van der Waals surface area contributed by atoms with Crippen molar-refractivity contribution >= 4 is 21.6 Å². The van der Waals surface area contributed by atoms with Gasteiger partial charge in [0.2, 0.25) is 15.9 Å². The average molecular weight is 552 g/mol. The summed E-state index contributed by atoms with van der Waals surface area (Å²) in [5.74, 6) is -3.21. The van der Waals surface area contributed by atoms with Gasteiger partial charge in [-0.25, -0.2) is 12.8 Å². The lowest BCUT2D eigenvalue weighted by Gasteiger charge is -2.38. The Kier molecular flexibility index (Phi) is 7.93. The molecule has 0 aliphatic heterocycles. The van der Waals surface area contributed by atoms with E-state index in [1.165, 1.54) is 49.5 Å². The van der Waals surface area contributed by atoms with Crippen LogP contribution in [0.1, 0.15) is 55.9 Å². The van der Waals surface area contributed by atoms with Gasteiger partial charge in [-0.15, -0.1) is 0 Å². The first-order valence-electron chi connectivity index (χ1n) is 11.6. The number of halogens is 4. The summed E-state index contributed by atoms with van der Waals surface area (Å²) in [5.41, 5.74) is -3.58. The van der Waals surface area contributed by atoms with Gasteiger partial charge >= 0.3 is 6.18 Å². The van der Waals surface area contributed by atoms with Crippen LogP contribution in [0.3, 0.4) is 0 Å². The Morgan fingerprint density at radius 2 is 1.58 bits per heavy atom. The highest BCUT2D eigenvalue weighted by Gasteiger charge is 2.59. The predicted octanol–water partition coefficient (Wildman–Crippen LogP) is 5.62. The number of benzene rings is 2. The van der Waals surface area contributed by atoms with Gasteiger partial charge < -0.3 is 5.32 Å². The number of pyridine rings is 1. The van der Waals surface area contributed by atoms with E-state index in [0.29, 0.717) is 5.56 Å². The molecule has 0 spiro atoms. The van der Waals surface area contributed by atoms with Gasteiger partial charge in [0.05, 0.1) is 17.9 Å². The van der Waals surface area contributed by atoms with E-state index in [9.17, 15) is 17.6 Å². The van der Waals surface area contributed by atoms with Gasteiger partial charge in [0.1, 0.15) is 5.82 Å². The topological polar surface area (TPSA) is 88.2 Å². The standard InChI is InChI=1S/C27H29F4N3O3S/c1-17(18-11-12-23(22(28)14-18)34-38(5,36)37)24(35)33-26(27(29,30)31,21-10-7-13-32-16-21)20-9-6-8-19(15-20)25(2,3)4/h6-17,34H,1-5H3,(H,33,35). The lowest BCUT2D eigenvalue weighted by Crippen LogP contribution is -2.57. The maximum Gasteiger partial charge on any atom is 0.420 e. The monoisotopic (exact) mass is 551 g/mol. The van der Waals surface area contributed by atoms with E-state index in [4.69, 9.17) is 0 Å². The Morgan fingerprint density at radius 1 is 0.947 bits per heavy atom. The summed E-state index contributed by atoms with van der Waals surface area (Å²) in [6.07, 6.45) is -1.76. The van der Waals surface area contributed by atoms with Gasteiger partial charge in [-0.1, -0.05) is 57.2 Å². The Bertz CT molecular complexity index is 1420. The second-order valence-electron chi connectivity index (χ2n) is 10.1. The number of carbonyl (C=O) groups is 1. The quantitative estimate of drug-likeness (QED) is 0.374. The third kappa shape index (κ3) is 6.15. The van der Waals surface area contributed by atoms with Crippen LogP contribution in [0, 0.1) is 5.82 Å². The molecule has 0 aliphatic rings. The minimum absolute atomic E-state index is 0.0600. The van der Waals surface area contributed by atoms with Crippen molar-refractivity contribution in [3.05, 3.63) is 95.1 Å². The van der Waals surface area contributed by atoms with E-state index in [0.717, 1.165) is 24.6 Å². The molecule has 3 rings (SSSR count). The highest BCUT2D eigenvalue weighted by Crippen LogP contribution is 2.45. The van der Waals surface area contributed by atoms with Crippen molar-refractivity contribution in [2.45, 2.75) is 50.7 Å². The number of alkyl halides is 3. The minimum atomic E-state index is -4.99. The molecule has 3 aromatic rings. The van der Waals surface area contributed by atoms with Crippen LogP contribution in [0.2, 0.25) is 0 Å². The van der Waals surface area contributed by atoms with Crippen molar-refractivity contribution in [3.63, 3.8) is 0 Å². The molecule has 0 saturated carbocycles. The number of carbonyl (C=O) groups excluding carboxylic acids is 1. The van der Waals surface area contributed by atoms with Crippen LogP contribution in [0.15, 0.2) is 67.0 Å². The van der Waals surface area contributed by atoms with E-state index in [-0.39, 0.29) is 22.4 Å². The first-order valence-corrected chi connectivity index (χ1v) is 13.5. The number of sulfonamides is 1. The maximum absolute atomic E-state index is 15.1. The Balaban J connectivity index is 2.12. The average Bonchev–Trinajstić information content (AvgIpc) is 2.81. The zero-order valence-corrected chi connectivity index (χ0v) is 22.3. The van der Waals surface area contributed by atoms with Gasteiger partial charge in [-0.05, 0) is 47.2 Å². The van der Waals surface area contributed by atoms with Crippen molar-refractivity contribution in [2.24, 2.45) is 0 Å². The molecule has 1 aromatic heterocycles. The fourth-order valence-electron chi connectivity index (χ4n) is 4.04. The van der Waals surface area contributed by atoms with Crippen LogP contribution in [0.25, 0.3) is 0 Å². The summed E-state index contributed by atoms with van der Waals surface area (Å²) in [5, 5.41) is 2.21. The molecule has 38 heavy (non-hydrogen) atoms.